The number of unbranched alkanes of at least 4 members (excludes halogenated alkanes) is 3. The SMILES string of the molecule is O=C(CCCCCCSc1ccc(Nc2nc(NC3CCCCC3)c3ncn(C4CCCCO4)c3n2)cc1)C1CCCCO1. The number of ketones is 1. The molecule has 3 aliphatic rings. The van der Waals surface area contributed by atoms with Gasteiger partial charge >= 0.3 is 0 Å². The average molecular weight is 621 g/mol. The predicted molar refractivity (Wildman–Crippen MR) is 177 cm³/mol. The number of Topliss-reactive ketones (excluding diaryl/α,β-unsaturated/α-hetero) is 1. The first kappa shape index (κ1) is 31.3. The second-order valence-corrected chi connectivity index (χ2v) is 13.7. The molecule has 3 fully saturated rings. The second kappa shape index (κ2) is 16.0. The van der Waals surface area contributed by atoms with Gasteiger partial charge in [0.25, 0.3) is 0 Å². The molecule has 238 valence electrons. The van der Waals surface area contributed by atoms with Gasteiger partial charge in [0.15, 0.2) is 22.8 Å². The number of nitrogens with zero attached hydrogens (tertiary/aromatic N) is 4. The standard InChI is InChI=1S/C34H48N6O3S/c41-28(29-15-7-9-21-42-29)14-6-1-2-11-23-44-27-19-17-26(18-20-27)37-34-38-32(36-25-12-4-3-5-13-25)31-33(39-34)40(24-35-31)30-16-8-10-22-43-30/h17-20,24-25,29-30H,1-16,21-23H2,(H2,36,37,38,39). The summed E-state index contributed by atoms with van der Waals surface area (Å²) in [6.07, 6.45) is 19.2. The molecule has 2 unspecified atom stereocenters. The van der Waals surface area contributed by atoms with Gasteiger partial charge < -0.3 is 20.1 Å². The van der Waals surface area contributed by atoms with E-state index in [0.29, 0.717) is 24.2 Å². The molecule has 9 nitrogen and oxygen atoms in total. The lowest BCUT2D eigenvalue weighted by atomic mass is 9.95. The first-order valence-corrected chi connectivity index (χ1v) is 18.0. The molecule has 0 amide bonds. The van der Waals surface area contributed by atoms with E-state index >= 15 is 0 Å². The van der Waals surface area contributed by atoms with Crippen LogP contribution in [-0.2, 0) is 14.3 Å². The number of nitrogens with one attached hydrogen (secondary N) is 2. The highest BCUT2D eigenvalue weighted by molar-refractivity contribution is 7.99. The smallest absolute Gasteiger partial charge is 0.231 e. The Labute approximate surface area is 265 Å². The van der Waals surface area contributed by atoms with E-state index in [1.165, 1.54) is 24.2 Å². The molecule has 2 aliphatic heterocycles. The minimum atomic E-state index is -0.133. The van der Waals surface area contributed by atoms with Gasteiger partial charge in [-0.05, 0) is 94.2 Å². The maximum Gasteiger partial charge on any atom is 0.231 e. The van der Waals surface area contributed by atoms with Crippen LogP contribution in [0.2, 0.25) is 0 Å². The number of benzene rings is 1. The molecule has 44 heavy (non-hydrogen) atoms. The topological polar surface area (TPSA) is 103 Å². The van der Waals surface area contributed by atoms with Crippen LogP contribution in [0.1, 0.15) is 109 Å². The zero-order valence-corrected chi connectivity index (χ0v) is 26.8. The van der Waals surface area contributed by atoms with Crippen molar-refractivity contribution < 1.29 is 14.3 Å². The van der Waals surface area contributed by atoms with Crippen LogP contribution in [0.3, 0.4) is 0 Å². The Balaban J connectivity index is 1.02. The first-order chi connectivity index (χ1) is 21.7. The number of aromatic nitrogens is 4. The highest BCUT2D eigenvalue weighted by atomic mass is 32.2. The number of carbonyl (C=O) groups is 1. The predicted octanol–water partition coefficient (Wildman–Crippen LogP) is 8.19. The van der Waals surface area contributed by atoms with E-state index in [1.54, 1.807) is 0 Å². The molecule has 2 N–H and O–H groups in total. The normalized spacial score (nSPS) is 21.4. The molecule has 6 rings (SSSR count). The van der Waals surface area contributed by atoms with Crippen LogP contribution in [0, 0.1) is 0 Å². The van der Waals surface area contributed by atoms with Crippen molar-refractivity contribution in [1.82, 2.24) is 19.5 Å². The van der Waals surface area contributed by atoms with E-state index < -0.39 is 0 Å². The van der Waals surface area contributed by atoms with Gasteiger partial charge in [0.1, 0.15) is 12.3 Å². The van der Waals surface area contributed by atoms with E-state index in [0.717, 1.165) is 119 Å². The molecule has 0 radical (unpaired) electrons. The molecule has 1 aliphatic carbocycles. The Morgan fingerprint density at radius 3 is 2.41 bits per heavy atom. The lowest BCUT2D eigenvalue weighted by Crippen LogP contribution is -2.27. The Hall–Kier alpha value is -2.69. The molecule has 2 atom stereocenters. The van der Waals surface area contributed by atoms with E-state index in [9.17, 15) is 4.79 Å². The van der Waals surface area contributed by atoms with Crippen molar-refractivity contribution in [2.45, 2.75) is 126 Å². The van der Waals surface area contributed by atoms with Crippen LogP contribution in [0.4, 0.5) is 17.5 Å². The molecule has 1 saturated carbocycles. The van der Waals surface area contributed by atoms with Crippen molar-refractivity contribution in [2.24, 2.45) is 0 Å². The van der Waals surface area contributed by atoms with Crippen molar-refractivity contribution in [1.29, 1.82) is 0 Å². The van der Waals surface area contributed by atoms with Crippen LogP contribution >= 0.6 is 11.8 Å². The number of fused-ring (bicyclic) bond motifs is 1. The van der Waals surface area contributed by atoms with Crippen molar-refractivity contribution in [3.63, 3.8) is 0 Å². The summed E-state index contributed by atoms with van der Waals surface area (Å²) >= 11 is 1.88. The fourth-order valence-electron chi connectivity index (χ4n) is 6.53. The molecule has 0 spiro atoms. The van der Waals surface area contributed by atoms with Crippen LogP contribution in [0.15, 0.2) is 35.5 Å². The van der Waals surface area contributed by atoms with Crippen LogP contribution < -0.4 is 10.6 Å². The number of imidazole rings is 1. The minimum Gasteiger partial charge on any atom is -0.370 e. The summed E-state index contributed by atoms with van der Waals surface area (Å²) in [5.41, 5.74) is 2.59. The zero-order chi connectivity index (χ0) is 30.0. The molecule has 1 aromatic carbocycles. The Bertz CT molecular complexity index is 1330. The van der Waals surface area contributed by atoms with Gasteiger partial charge in [0, 0.05) is 36.3 Å². The summed E-state index contributed by atoms with van der Waals surface area (Å²) < 4.78 is 13.8. The molecule has 2 aromatic heterocycles. The molecule has 10 heteroatoms. The molecule has 3 aromatic rings. The van der Waals surface area contributed by atoms with Crippen molar-refractivity contribution in [2.75, 3.05) is 29.6 Å². The van der Waals surface area contributed by atoms with E-state index in [-0.39, 0.29) is 12.3 Å². The Kier molecular flexibility index (Phi) is 11.4. The monoisotopic (exact) mass is 620 g/mol. The van der Waals surface area contributed by atoms with Gasteiger partial charge in [-0.3, -0.25) is 9.36 Å². The number of hydrogen-bond acceptors (Lipinski definition) is 9. The van der Waals surface area contributed by atoms with Gasteiger partial charge in [0.2, 0.25) is 5.95 Å². The van der Waals surface area contributed by atoms with Crippen LogP contribution in [0.25, 0.3) is 11.2 Å². The summed E-state index contributed by atoms with van der Waals surface area (Å²) in [4.78, 5) is 28.1. The number of hydrogen-bond donors (Lipinski definition) is 2. The number of anilines is 3. The highest BCUT2D eigenvalue weighted by Gasteiger charge is 2.24. The fourth-order valence-corrected chi connectivity index (χ4v) is 7.44. The van der Waals surface area contributed by atoms with Gasteiger partial charge in [-0.15, -0.1) is 11.8 Å². The molecular formula is C34H48N6O3S. The highest BCUT2D eigenvalue weighted by Crippen LogP contribution is 2.31. The maximum atomic E-state index is 12.3. The lowest BCUT2D eigenvalue weighted by molar-refractivity contribution is -0.133. The maximum absolute atomic E-state index is 12.3. The van der Waals surface area contributed by atoms with Gasteiger partial charge in [-0.2, -0.15) is 9.97 Å². The van der Waals surface area contributed by atoms with Crippen molar-refractivity contribution in [3.8, 4) is 0 Å². The number of rotatable bonds is 14. The van der Waals surface area contributed by atoms with E-state index in [1.807, 2.05) is 18.1 Å². The van der Waals surface area contributed by atoms with Crippen LogP contribution in [-0.4, -0.2) is 56.4 Å². The summed E-state index contributed by atoms with van der Waals surface area (Å²) in [6, 6.07) is 8.95. The van der Waals surface area contributed by atoms with Gasteiger partial charge in [-0.25, -0.2) is 4.98 Å². The fraction of sp³-hybridized carbons (Fsp3) is 0.647. The second-order valence-electron chi connectivity index (χ2n) is 12.5. The summed E-state index contributed by atoms with van der Waals surface area (Å²) in [7, 11) is 0. The number of thioether (sulfide) groups is 1. The summed E-state index contributed by atoms with van der Waals surface area (Å²) in [6.45, 7) is 1.52. The minimum absolute atomic E-state index is 0.0334. The third kappa shape index (κ3) is 8.52. The third-order valence-electron chi connectivity index (χ3n) is 9.07. The molecular weight excluding hydrogens is 572 g/mol. The quantitative estimate of drug-likeness (QED) is 0.136. The third-order valence-corrected chi connectivity index (χ3v) is 10.2. The zero-order valence-electron chi connectivity index (χ0n) is 26.0. The Morgan fingerprint density at radius 1 is 0.864 bits per heavy atom. The first-order valence-electron chi connectivity index (χ1n) is 17.0. The summed E-state index contributed by atoms with van der Waals surface area (Å²) in [5.74, 6) is 2.76. The molecule has 2 saturated heterocycles. The average Bonchev–Trinajstić information content (AvgIpc) is 3.51. The van der Waals surface area contributed by atoms with Gasteiger partial charge in [0.05, 0.1) is 6.33 Å². The van der Waals surface area contributed by atoms with Crippen molar-refractivity contribution >= 4 is 46.2 Å². The number of ether oxygens (including phenoxy) is 2. The van der Waals surface area contributed by atoms with Crippen LogP contribution in [0.5, 0.6) is 0 Å². The number of carbonyl (C=O) groups excluding carboxylic acids is 1. The van der Waals surface area contributed by atoms with Crippen molar-refractivity contribution in [3.05, 3.63) is 30.6 Å². The van der Waals surface area contributed by atoms with E-state index in [2.05, 4.69) is 39.5 Å². The van der Waals surface area contributed by atoms with Gasteiger partial charge in [-0.1, -0.05) is 32.1 Å². The molecule has 4 heterocycles. The van der Waals surface area contributed by atoms with E-state index in [4.69, 9.17) is 24.4 Å². The molecule has 0 bridgehead atoms. The summed E-state index contributed by atoms with van der Waals surface area (Å²) in [5, 5.41) is 7.16. The largest absolute Gasteiger partial charge is 0.370 e. The lowest BCUT2D eigenvalue weighted by Gasteiger charge is -2.25. The Morgan fingerprint density at radius 2 is 1.64 bits per heavy atom.